The summed E-state index contributed by atoms with van der Waals surface area (Å²) in [4.78, 5) is 0. The molecule has 35 heavy (non-hydrogen) atoms. The lowest BCUT2D eigenvalue weighted by molar-refractivity contribution is -0.0744. The van der Waals surface area contributed by atoms with E-state index in [0.29, 0.717) is 26.4 Å². The van der Waals surface area contributed by atoms with Crippen LogP contribution in [-0.2, 0) is 27.2 Å². The highest BCUT2D eigenvalue weighted by atomic mass is 28.4. The van der Waals surface area contributed by atoms with E-state index in [2.05, 4.69) is 32.3 Å². The predicted octanol–water partition coefficient (Wildman–Crippen LogP) is 6.57. The molecule has 0 spiro atoms. The Morgan fingerprint density at radius 3 is 1.11 bits per heavy atom. The highest BCUT2D eigenvalue weighted by Gasteiger charge is 2.44. The Labute approximate surface area is 219 Å². The quantitative estimate of drug-likeness (QED) is 0.0848. The summed E-state index contributed by atoms with van der Waals surface area (Å²) in [7, 11) is -4.97. The normalized spacial score (nSPS) is 16.3. The molecule has 0 rings (SSSR count). The van der Waals surface area contributed by atoms with E-state index in [1.807, 2.05) is 41.5 Å². The second kappa shape index (κ2) is 20.2. The average molecular weight is 538 g/mol. The van der Waals surface area contributed by atoms with Gasteiger partial charge in [0.15, 0.2) is 0 Å². The molecule has 212 valence electrons. The zero-order valence-electron chi connectivity index (χ0n) is 24.7. The maximum absolute atomic E-state index is 6.57. The first-order valence-corrected chi connectivity index (χ1v) is 19.1. The monoisotopic (exact) mass is 537 g/mol. The summed E-state index contributed by atoms with van der Waals surface area (Å²) in [5.74, 6) is 0. The third kappa shape index (κ3) is 14.0. The third-order valence-corrected chi connectivity index (χ3v) is 12.9. The fourth-order valence-electron chi connectivity index (χ4n) is 4.57. The molecule has 0 radical (unpaired) electrons. The Morgan fingerprint density at radius 1 is 0.543 bits per heavy atom. The molecule has 0 aliphatic heterocycles. The largest absolute Gasteiger partial charge is 0.393 e. The Morgan fingerprint density at radius 2 is 0.857 bits per heavy atom. The molecule has 4 unspecified atom stereocenters. The van der Waals surface area contributed by atoms with Crippen LogP contribution in [0.3, 0.4) is 0 Å². The fourth-order valence-corrected chi connectivity index (χ4v) is 10.1. The Balaban J connectivity index is 5.36. The van der Waals surface area contributed by atoms with Gasteiger partial charge >= 0.3 is 17.1 Å². The van der Waals surface area contributed by atoms with Crippen molar-refractivity contribution in [3.63, 3.8) is 0 Å². The van der Waals surface area contributed by atoms with Crippen LogP contribution < -0.4 is 5.32 Å². The van der Waals surface area contributed by atoms with E-state index in [1.165, 1.54) is 25.7 Å². The van der Waals surface area contributed by atoms with Crippen LogP contribution in [0.5, 0.6) is 0 Å². The second-order valence-corrected chi connectivity index (χ2v) is 16.0. The summed E-state index contributed by atoms with van der Waals surface area (Å²) in [5.41, 5.74) is -0.0917. The van der Waals surface area contributed by atoms with Crippen molar-refractivity contribution in [1.29, 1.82) is 0 Å². The number of rotatable bonds is 24. The molecule has 0 aliphatic rings. The summed E-state index contributed by atoms with van der Waals surface area (Å²) in [6.45, 7) is 23.5. The topological polar surface area (TPSA) is 67.4 Å². The first-order chi connectivity index (χ1) is 16.7. The van der Waals surface area contributed by atoms with E-state index in [0.717, 1.165) is 25.7 Å². The van der Waals surface area contributed by atoms with Gasteiger partial charge in [0, 0.05) is 26.4 Å². The summed E-state index contributed by atoms with van der Waals surface area (Å²) >= 11 is 0. The van der Waals surface area contributed by atoms with Crippen LogP contribution in [0, 0.1) is 0 Å². The standard InChI is InChI=1S/C26H59NO6Si2/c1-11-17-19-21-25(34(9,28-13-3)29-14-4)32-23(7)27-24(8)33-26(22-20-18-12-2)35(10,30-15-5)31-16-6/h23-27H,11-22H2,1-10H3. The highest BCUT2D eigenvalue weighted by molar-refractivity contribution is 6.67. The van der Waals surface area contributed by atoms with Gasteiger partial charge in [-0.25, -0.2) is 0 Å². The number of unbranched alkanes of at least 4 members (excludes halogenated alkanes) is 4. The molecule has 0 aromatic carbocycles. The van der Waals surface area contributed by atoms with Gasteiger partial charge in [-0.05, 0) is 67.5 Å². The smallest absolute Gasteiger partial charge is 0.364 e. The van der Waals surface area contributed by atoms with Crippen LogP contribution in [0.25, 0.3) is 0 Å². The van der Waals surface area contributed by atoms with Crippen molar-refractivity contribution in [2.24, 2.45) is 0 Å². The van der Waals surface area contributed by atoms with Crippen LogP contribution in [0.2, 0.25) is 13.1 Å². The number of ether oxygens (including phenoxy) is 2. The highest BCUT2D eigenvalue weighted by Crippen LogP contribution is 2.24. The Bertz CT molecular complexity index is 448. The van der Waals surface area contributed by atoms with Crippen LogP contribution in [0.15, 0.2) is 0 Å². The molecule has 0 aromatic heterocycles. The van der Waals surface area contributed by atoms with E-state index < -0.39 is 17.1 Å². The summed E-state index contributed by atoms with van der Waals surface area (Å²) in [6.07, 6.45) is 8.41. The predicted molar refractivity (Wildman–Crippen MR) is 150 cm³/mol. The molecule has 0 heterocycles. The lowest BCUT2D eigenvalue weighted by Crippen LogP contribution is -2.57. The number of hydrogen-bond acceptors (Lipinski definition) is 7. The molecular formula is C26H59NO6Si2. The molecule has 4 atom stereocenters. The van der Waals surface area contributed by atoms with Crippen molar-refractivity contribution in [3.05, 3.63) is 0 Å². The minimum absolute atomic E-state index is 0.0458. The maximum atomic E-state index is 6.57. The molecule has 0 saturated heterocycles. The molecule has 1 N–H and O–H groups in total. The first-order valence-electron chi connectivity index (χ1n) is 14.3. The molecule has 0 aromatic rings. The van der Waals surface area contributed by atoms with Crippen molar-refractivity contribution in [2.75, 3.05) is 26.4 Å². The number of hydrogen-bond donors (Lipinski definition) is 1. The Hall–Kier alpha value is 0.154. The molecule has 0 saturated carbocycles. The van der Waals surface area contributed by atoms with Gasteiger partial charge in [0.1, 0.15) is 23.9 Å². The summed E-state index contributed by atoms with van der Waals surface area (Å²) in [5, 5.41) is 3.51. The number of nitrogens with one attached hydrogen (secondary N) is 1. The lowest BCUT2D eigenvalue weighted by Gasteiger charge is -2.38. The van der Waals surface area contributed by atoms with Gasteiger partial charge in [0.2, 0.25) is 0 Å². The zero-order chi connectivity index (χ0) is 26.7. The summed E-state index contributed by atoms with van der Waals surface area (Å²) < 4.78 is 37.9. The van der Waals surface area contributed by atoms with Gasteiger partial charge in [0.05, 0.1) is 0 Å². The van der Waals surface area contributed by atoms with Gasteiger partial charge in [-0.15, -0.1) is 0 Å². The SMILES string of the molecule is CCCCCC(OC(C)NC(C)OC(CCCCC)[Si](C)(OCC)OCC)[Si](C)(OCC)OCC. The van der Waals surface area contributed by atoms with Crippen LogP contribution >= 0.6 is 0 Å². The molecule has 0 fully saturated rings. The van der Waals surface area contributed by atoms with E-state index >= 15 is 0 Å². The van der Waals surface area contributed by atoms with E-state index in [-0.39, 0.29) is 23.9 Å². The minimum atomic E-state index is -2.48. The first kappa shape index (κ1) is 35.2. The lowest BCUT2D eigenvalue weighted by atomic mass is 10.2. The maximum Gasteiger partial charge on any atom is 0.364 e. The van der Waals surface area contributed by atoms with Gasteiger partial charge in [-0.1, -0.05) is 52.4 Å². The van der Waals surface area contributed by atoms with Crippen LogP contribution in [-0.4, -0.2) is 67.5 Å². The molecule has 0 aliphatic carbocycles. The minimum Gasteiger partial charge on any atom is -0.393 e. The van der Waals surface area contributed by atoms with Crippen molar-refractivity contribution in [1.82, 2.24) is 5.32 Å². The van der Waals surface area contributed by atoms with Crippen molar-refractivity contribution < 1.29 is 27.2 Å². The van der Waals surface area contributed by atoms with Gasteiger partial charge in [-0.2, -0.15) is 0 Å². The molecular weight excluding hydrogens is 478 g/mol. The summed E-state index contributed by atoms with van der Waals surface area (Å²) in [6, 6.07) is 0. The van der Waals surface area contributed by atoms with Gasteiger partial charge < -0.3 is 27.2 Å². The van der Waals surface area contributed by atoms with E-state index in [1.54, 1.807) is 0 Å². The second-order valence-electron chi connectivity index (χ2n) is 9.46. The van der Waals surface area contributed by atoms with Crippen molar-refractivity contribution in [3.8, 4) is 0 Å². The zero-order valence-corrected chi connectivity index (χ0v) is 26.7. The fraction of sp³-hybridized carbons (Fsp3) is 1.00. The van der Waals surface area contributed by atoms with Crippen LogP contribution in [0.1, 0.15) is 107 Å². The van der Waals surface area contributed by atoms with Crippen molar-refractivity contribution in [2.45, 2.75) is 144 Å². The molecule has 7 nitrogen and oxygen atoms in total. The average Bonchev–Trinajstić information content (AvgIpc) is 2.78. The van der Waals surface area contributed by atoms with Crippen LogP contribution in [0.4, 0.5) is 0 Å². The molecule has 0 bridgehead atoms. The Kier molecular flexibility index (Phi) is 20.2. The molecule has 0 amide bonds. The van der Waals surface area contributed by atoms with Gasteiger partial charge in [-0.3, -0.25) is 5.32 Å². The molecule has 9 heteroatoms. The van der Waals surface area contributed by atoms with E-state index in [4.69, 9.17) is 27.2 Å². The van der Waals surface area contributed by atoms with Crippen molar-refractivity contribution >= 4 is 17.1 Å². The van der Waals surface area contributed by atoms with Gasteiger partial charge in [0.25, 0.3) is 0 Å². The van der Waals surface area contributed by atoms with E-state index in [9.17, 15) is 0 Å². The third-order valence-electron chi connectivity index (χ3n) is 6.24.